The molecular formula is C12H18N4O3. The number of aromatic nitrogens is 3. The van der Waals surface area contributed by atoms with Gasteiger partial charge in [-0.1, -0.05) is 5.21 Å². The van der Waals surface area contributed by atoms with Crippen LogP contribution in [0.2, 0.25) is 0 Å². The molecule has 0 saturated carbocycles. The van der Waals surface area contributed by atoms with Crippen LogP contribution in [0.3, 0.4) is 0 Å². The highest BCUT2D eigenvalue weighted by Gasteiger charge is 2.39. The number of carbonyl (C=O) groups is 1. The zero-order valence-electron chi connectivity index (χ0n) is 11.0. The van der Waals surface area contributed by atoms with Gasteiger partial charge in [0.15, 0.2) is 11.5 Å². The predicted octanol–water partition coefficient (Wildman–Crippen LogP) is 0.184. The summed E-state index contributed by atoms with van der Waals surface area (Å²) in [5.41, 5.74) is 0.393. The Balaban J connectivity index is 1.62. The second kappa shape index (κ2) is 4.90. The second-order valence-corrected chi connectivity index (χ2v) is 5.03. The number of carbonyl (C=O) groups excluding carboxylic acids is 1. The van der Waals surface area contributed by atoms with Gasteiger partial charge in [-0.15, -0.1) is 5.10 Å². The highest BCUT2D eigenvalue weighted by atomic mass is 16.7. The van der Waals surface area contributed by atoms with Gasteiger partial charge in [-0.3, -0.25) is 9.48 Å². The Hall–Kier alpha value is -1.47. The predicted molar refractivity (Wildman–Crippen MR) is 65.4 cm³/mol. The lowest BCUT2D eigenvalue weighted by molar-refractivity contribution is -0.281. The van der Waals surface area contributed by atoms with E-state index >= 15 is 0 Å². The van der Waals surface area contributed by atoms with Crippen molar-refractivity contribution in [1.82, 2.24) is 19.9 Å². The average Bonchev–Trinajstić information content (AvgIpc) is 2.87. The number of likely N-dealkylation sites (tertiary alicyclic amines) is 1. The van der Waals surface area contributed by atoms with E-state index < -0.39 is 5.79 Å². The molecule has 0 N–H and O–H groups in total. The molecule has 7 nitrogen and oxygen atoms in total. The maximum atomic E-state index is 12.2. The van der Waals surface area contributed by atoms with E-state index in [1.165, 1.54) is 4.68 Å². The molecular weight excluding hydrogens is 248 g/mol. The third-order valence-corrected chi connectivity index (χ3v) is 3.65. The summed E-state index contributed by atoms with van der Waals surface area (Å²) in [4.78, 5) is 14.0. The number of piperidine rings is 1. The minimum absolute atomic E-state index is 0.0706. The Morgan fingerprint density at radius 1 is 1.32 bits per heavy atom. The first-order chi connectivity index (χ1) is 9.19. The van der Waals surface area contributed by atoms with Crippen LogP contribution in [0.25, 0.3) is 0 Å². The van der Waals surface area contributed by atoms with Crippen molar-refractivity contribution in [3.63, 3.8) is 0 Å². The Morgan fingerprint density at radius 3 is 2.58 bits per heavy atom. The van der Waals surface area contributed by atoms with E-state index in [1.54, 1.807) is 18.1 Å². The van der Waals surface area contributed by atoms with Crippen LogP contribution in [0.4, 0.5) is 0 Å². The van der Waals surface area contributed by atoms with E-state index in [9.17, 15) is 4.79 Å². The average molecular weight is 266 g/mol. The minimum Gasteiger partial charge on any atom is -0.350 e. The maximum Gasteiger partial charge on any atom is 0.276 e. The van der Waals surface area contributed by atoms with Gasteiger partial charge < -0.3 is 14.4 Å². The van der Waals surface area contributed by atoms with Crippen LogP contribution < -0.4 is 0 Å². The lowest BCUT2D eigenvalue weighted by Gasteiger charge is -2.43. The van der Waals surface area contributed by atoms with E-state index in [-0.39, 0.29) is 5.91 Å². The molecule has 1 aromatic heterocycles. The number of ether oxygens (including phenoxy) is 2. The van der Waals surface area contributed by atoms with Crippen molar-refractivity contribution in [3.8, 4) is 0 Å². The molecule has 0 bridgehead atoms. The molecule has 0 radical (unpaired) electrons. The quantitative estimate of drug-likeness (QED) is 0.725. The third-order valence-electron chi connectivity index (χ3n) is 3.65. The first-order valence-electron chi connectivity index (χ1n) is 6.62. The highest BCUT2D eigenvalue weighted by Crippen LogP contribution is 2.31. The standard InChI is InChI=1S/C12H18N4O3/c1-15-9-10(13-14-15)11(17)16-5-3-12(4-6-16)18-7-2-8-19-12/h9H,2-8H2,1H3. The number of hydrogen-bond acceptors (Lipinski definition) is 5. The summed E-state index contributed by atoms with van der Waals surface area (Å²) in [6, 6.07) is 0. The summed E-state index contributed by atoms with van der Waals surface area (Å²) in [6.45, 7) is 2.76. The molecule has 1 aromatic rings. The molecule has 0 aliphatic carbocycles. The Kier molecular flexibility index (Phi) is 3.24. The van der Waals surface area contributed by atoms with Gasteiger partial charge in [-0.05, 0) is 6.42 Å². The molecule has 2 saturated heterocycles. The molecule has 1 amide bonds. The Bertz CT molecular complexity index is 457. The van der Waals surface area contributed by atoms with Crippen LogP contribution in [0.1, 0.15) is 29.8 Å². The van der Waals surface area contributed by atoms with Crippen LogP contribution in [-0.4, -0.2) is 57.9 Å². The molecule has 7 heteroatoms. The fourth-order valence-electron chi connectivity index (χ4n) is 2.56. The van der Waals surface area contributed by atoms with Crippen molar-refractivity contribution in [2.45, 2.75) is 25.0 Å². The number of amides is 1. The fourth-order valence-corrected chi connectivity index (χ4v) is 2.56. The fraction of sp³-hybridized carbons (Fsp3) is 0.750. The molecule has 0 unspecified atom stereocenters. The Morgan fingerprint density at radius 2 is 2.00 bits per heavy atom. The molecule has 0 aromatic carbocycles. The van der Waals surface area contributed by atoms with E-state index in [0.717, 1.165) is 32.5 Å². The van der Waals surface area contributed by atoms with Gasteiger partial charge >= 0.3 is 0 Å². The van der Waals surface area contributed by atoms with E-state index in [2.05, 4.69) is 10.3 Å². The molecule has 19 heavy (non-hydrogen) atoms. The number of nitrogens with zero attached hydrogens (tertiary/aromatic N) is 4. The first kappa shape index (κ1) is 12.6. The smallest absolute Gasteiger partial charge is 0.276 e. The lowest BCUT2D eigenvalue weighted by Crippen LogP contribution is -2.51. The van der Waals surface area contributed by atoms with Gasteiger partial charge in [0, 0.05) is 33.0 Å². The molecule has 1 spiro atoms. The summed E-state index contributed by atoms with van der Waals surface area (Å²) in [6.07, 6.45) is 4.03. The van der Waals surface area contributed by atoms with Crippen molar-refractivity contribution < 1.29 is 14.3 Å². The monoisotopic (exact) mass is 266 g/mol. The van der Waals surface area contributed by atoms with Gasteiger partial charge in [0.2, 0.25) is 0 Å². The molecule has 3 rings (SSSR count). The minimum atomic E-state index is -0.461. The number of aryl methyl sites for hydroxylation is 1. The van der Waals surface area contributed by atoms with Crippen LogP contribution in [0.15, 0.2) is 6.20 Å². The number of hydrogen-bond donors (Lipinski definition) is 0. The van der Waals surface area contributed by atoms with Gasteiger partial charge in [0.1, 0.15) is 0 Å². The first-order valence-corrected chi connectivity index (χ1v) is 6.62. The largest absolute Gasteiger partial charge is 0.350 e. The summed E-state index contributed by atoms with van der Waals surface area (Å²) in [5, 5.41) is 7.64. The molecule has 104 valence electrons. The van der Waals surface area contributed by atoms with Crippen LogP contribution >= 0.6 is 0 Å². The van der Waals surface area contributed by atoms with E-state index in [4.69, 9.17) is 9.47 Å². The van der Waals surface area contributed by atoms with Crippen molar-refractivity contribution >= 4 is 5.91 Å². The van der Waals surface area contributed by atoms with Crippen molar-refractivity contribution in [3.05, 3.63) is 11.9 Å². The number of rotatable bonds is 1. The van der Waals surface area contributed by atoms with Crippen LogP contribution in [0.5, 0.6) is 0 Å². The van der Waals surface area contributed by atoms with Crippen molar-refractivity contribution in [2.24, 2.45) is 7.05 Å². The Labute approximate surface area is 111 Å². The van der Waals surface area contributed by atoms with Gasteiger partial charge in [-0.2, -0.15) is 0 Å². The zero-order valence-corrected chi connectivity index (χ0v) is 11.0. The normalized spacial score (nSPS) is 22.7. The topological polar surface area (TPSA) is 69.5 Å². The molecule has 0 atom stereocenters. The van der Waals surface area contributed by atoms with Crippen LogP contribution in [-0.2, 0) is 16.5 Å². The zero-order chi connectivity index (χ0) is 13.3. The third kappa shape index (κ3) is 2.48. The van der Waals surface area contributed by atoms with Gasteiger partial charge in [0.05, 0.1) is 19.4 Å². The van der Waals surface area contributed by atoms with Crippen molar-refractivity contribution in [1.29, 1.82) is 0 Å². The summed E-state index contributed by atoms with van der Waals surface area (Å²) < 4.78 is 13.0. The van der Waals surface area contributed by atoms with E-state index in [0.29, 0.717) is 18.8 Å². The van der Waals surface area contributed by atoms with Gasteiger partial charge in [-0.25, -0.2) is 0 Å². The van der Waals surface area contributed by atoms with E-state index in [1.807, 2.05) is 0 Å². The molecule has 2 fully saturated rings. The summed E-state index contributed by atoms with van der Waals surface area (Å²) >= 11 is 0. The highest BCUT2D eigenvalue weighted by molar-refractivity contribution is 5.91. The lowest BCUT2D eigenvalue weighted by atomic mass is 10.0. The van der Waals surface area contributed by atoms with Gasteiger partial charge in [0.25, 0.3) is 5.91 Å². The summed E-state index contributed by atoms with van der Waals surface area (Å²) in [5.74, 6) is -0.532. The molecule has 2 aliphatic heterocycles. The molecule has 3 heterocycles. The van der Waals surface area contributed by atoms with Crippen LogP contribution in [0, 0.1) is 0 Å². The SMILES string of the molecule is Cn1cc(C(=O)N2CCC3(CC2)OCCCO3)nn1. The maximum absolute atomic E-state index is 12.2. The summed E-state index contributed by atoms with van der Waals surface area (Å²) in [7, 11) is 1.75. The second-order valence-electron chi connectivity index (χ2n) is 5.03. The van der Waals surface area contributed by atoms with Crippen molar-refractivity contribution in [2.75, 3.05) is 26.3 Å². The molecule has 2 aliphatic rings.